The standard InChI is InChI=1S/C7H5NTe.CHF3O3S/c1-2-4-7-6(3-1)8-5-9-7;2-1(3,4)8(5,6)7/h1-5H;(H,5,6,7). The van der Waals surface area contributed by atoms with Crippen molar-refractivity contribution in [2.24, 2.45) is 0 Å². The van der Waals surface area contributed by atoms with Crippen molar-refractivity contribution in [2.45, 2.75) is 5.51 Å². The average Bonchev–Trinajstić information content (AvgIpc) is 2.62. The van der Waals surface area contributed by atoms with Crippen LogP contribution in [-0.2, 0) is 10.1 Å². The molecule has 0 unspecified atom stereocenters. The van der Waals surface area contributed by atoms with Crippen LogP contribution in [0.3, 0.4) is 0 Å². The van der Waals surface area contributed by atoms with Gasteiger partial charge in [0.1, 0.15) is 0 Å². The summed E-state index contributed by atoms with van der Waals surface area (Å²) in [5, 5.41) is 0. The predicted octanol–water partition coefficient (Wildman–Crippen LogP) is 0.762. The fraction of sp³-hybridized carbons (Fsp3) is 0.125. The first-order valence-electron chi connectivity index (χ1n) is 4.08. The summed E-state index contributed by atoms with van der Waals surface area (Å²) in [7, 11) is -6.09. The maximum absolute atomic E-state index is 10.7. The molecule has 0 saturated heterocycles. The third kappa shape index (κ3) is 4.27. The molecule has 17 heavy (non-hydrogen) atoms. The number of halogens is 3. The van der Waals surface area contributed by atoms with Gasteiger partial charge in [0.2, 0.25) is 0 Å². The Morgan fingerprint density at radius 2 is 1.76 bits per heavy atom. The topological polar surface area (TPSA) is 71.3 Å². The van der Waals surface area contributed by atoms with Gasteiger partial charge in [0.05, 0.1) is 0 Å². The van der Waals surface area contributed by atoms with Crippen molar-refractivity contribution in [1.82, 2.24) is 0 Å². The van der Waals surface area contributed by atoms with E-state index < -0.39 is 15.6 Å². The molecule has 1 aromatic carbocycles. The molecule has 0 radical (unpaired) electrons. The molecule has 0 fully saturated rings. The number of aromatic amines is 1. The Labute approximate surface area is 104 Å². The first kappa shape index (κ1) is 14.4. The maximum atomic E-state index is 10.7. The molecule has 0 atom stereocenters. The zero-order valence-corrected chi connectivity index (χ0v) is 11.2. The minimum absolute atomic E-state index is 0.0265. The monoisotopic (exact) mass is 383 g/mol. The van der Waals surface area contributed by atoms with Gasteiger partial charge in [-0.15, -0.1) is 0 Å². The molecule has 0 aliphatic rings. The predicted molar refractivity (Wildman–Crippen MR) is 53.2 cm³/mol. The quantitative estimate of drug-likeness (QED) is 0.385. The Morgan fingerprint density at radius 1 is 1.24 bits per heavy atom. The van der Waals surface area contributed by atoms with Crippen LogP contribution in [0.5, 0.6) is 0 Å². The molecule has 0 spiro atoms. The molecule has 4 nitrogen and oxygen atoms in total. The fourth-order valence-electron chi connectivity index (χ4n) is 0.845. The van der Waals surface area contributed by atoms with Crippen molar-refractivity contribution in [2.75, 3.05) is 0 Å². The summed E-state index contributed by atoms with van der Waals surface area (Å²) >= 11 is 0.0265. The van der Waals surface area contributed by atoms with Gasteiger partial charge < -0.3 is 4.55 Å². The average molecular weight is 381 g/mol. The Morgan fingerprint density at radius 3 is 2.24 bits per heavy atom. The number of hydrogen-bond donors (Lipinski definition) is 0. The summed E-state index contributed by atoms with van der Waals surface area (Å²) in [5.74, 6) is 0. The third-order valence-electron chi connectivity index (χ3n) is 1.57. The second-order valence-electron chi connectivity index (χ2n) is 2.78. The molecule has 94 valence electrons. The van der Waals surface area contributed by atoms with Crippen molar-refractivity contribution in [3.63, 3.8) is 0 Å². The van der Waals surface area contributed by atoms with E-state index in [9.17, 15) is 13.2 Å². The number of benzene rings is 1. The van der Waals surface area contributed by atoms with E-state index in [4.69, 9.17) is 13.0 Å². The second kappa shape index (κ2) is 5.35. The normalized spacial score (nSPS) is 12.0. The minimum atomic E-state index is -6.09. The number of para-hydroxylation sites is 1. The Hall–Kier alpha value is -0.620. The summed E-state index contributed by atoms with van der Waals surface area (Å²) < 4.78 is 62.6. The fourth-order valence-corrected chi connectivity index (χ4v) is 2.91. The van der Waals surface area contributed by atoms with E-state index in [-0.39, 0.29) is 20.4 Å². The molecule has 1 heterocycles. The van der Waals surface area contributed by atoms with Crippen LogP contribution in [0, 0.1) is 0 Å². The zero-order chi connectivity index (χ0) is 13.1. The molecule has 9 heteroatoms. The molecule has 2 aromatic rings. The van der Waals surface area contributed by atoms with Crippen LogP contribution >= 0.6 is 0 Å². The summed E-state index contributed by atoms with van der Waals surface area (Å²) in [4.78, 5) is 3.23. The van der Waals surface area contributed by atoms with Crippen LogP contribution in [0.25, 0.3) is 8.92 Å². The molecule has 1 aromatic heterocycles. The van der Waals surface area contributed by atoms with E-state index in [1.807, 2.05) is 0 Å². The van der Waals surface area contributed by atoms with E-state index >= 15 is 0 Å². The number of aromatic nitrogens is 1. The van der Waals surface area contributed by atoms with Gasteiger partial charge in [-0.2, -0.15) is 13.2 Å². The molecule has 1 N–H and O–H groups in total. The van der Waals surface area contributed by atoms with Crippen molar-refractivity contribution in [3.8, 4) is 0 Å². The van der Waals surface area contributed by atoms with Gasteiger partial charge in [-0.1, -0.05) is 0 Å². The van der Waals surface area contributed by atoms with E-state index in [0.717, 1.165) is 0 Å². The zero-order valence-electron chi connectivity index (χ0n) is 8.06. The summed E-state index contributed by atoms with van der Waals surface area (Å²) in [6.45, 7) is 0. The van der Waals surface area contributed by atoms with Crippen LogP contribution in [0.15, 0.2) is 28.5 Å². The van der Waals surface area contributed by atoms with Gasteiger partial charge in [-0.3, -0.25) is 0 Å². The molecular formula is C8H6F3NO3STe. The summed E-state index contributed by atoms with van der Waals surface area (Å²) in [5.41, 5.74) is -4.33. The molecule has 0 aliphatic carbocycles. The third-order valence-corrected chi connectivity index (χ3v) is 4.55. The number of H-pyrrole nitrogens is 1. The number of fused-ring (bicyclic) bond motifs is 1. The van der Waals surface area contributed by atoms with Gasteiger partial charge >= 0.3 is 68.3 Å². The SMILES string of the molecule is O=S(=O)([O-])C(F)(F)F.c1ccc2[te]c[nH+]c2c1. The summed E-state index contributed by atoms with van der Waals surface area (Å²) in [6.07, 6.45) is 0. The molecular weight excluding hydrogens is 375 g/mol. The van der Waals surface area contributed by atoms with E-state index in [0.29, 0.717) is 0 Å². The van der Waals surface area contributed by atoms with Gasteiger partial charge in [-0.25, -0.2) is 8.42 Å². The van der Waals surface area contributed by atoms with Crippen molar-refractivity contribution < 1.29 is 31.1 Å². The van der Waals surface area contributed by atoms with E-state index in [1.165, 1.54) is 8.92 Å². The molecule has 0 aliphatic heterocycles. The van der Waals surface area contributed by atoms with Crippen LogP contribution in [0.4, 0.5) is 13.2 Å². The Balaban J connectivity index is 0.000000172. The van der Waals surface area contributed by atoms with Gasteiger partial charge in [0, 0.05) is 0 Å². The first-order valence-corrected chi connectivity index (χ1v) is 8.00. The first-order chi connectivity index (χ1) is 7.72. The molecule has 0 amide bonds. The van der Waals surface area contributed by atoms with Gasteiger partial charge in [0.25, 0.3) is 0 Å². The van der Waals surface area contributed by atoms with Crippen LogP contribution in [0.1, 0.15) is 0 Å². The number of alkyl halides is 3. The van der Waals surface area contributed by atoms with Crippen molar-refractivity contribution >= 4 is 39.5 Å². The second-order valence-corrected chi connectivity index (χ2v) is 6.75. The molecule has 2 rings (SSSR count). The van der Waals surface area contributed by atoms with Crippen molar-refractivity contribution in [3.05, 3.63) is 28.5 Å². The van der Waals surface area contributed by atoms with Gasteiger partial charge in [0.15, 0.2) is 10.1 Å². The Kier molecular flexibility index (Phi) is 4.54. The van der Waals surface area contributed by atoms with Gasteiger partial charge in [-0.05, 0) is 0 Å². The van der Waals surface area contributed by atoms with Crippen molar-refractivity contribution in [1.29, 1.82) is 0 Å². The number of hydrogen-bond acceptors (Lipinski definition) is 3. The van der Waals surface area contributed by atoms with Crippen LogP contribution in [-0.4, -0.2) is 38.9 Å². The van der Waals surface area contributed by atoms with E-state index in [1.54, 1.807) is 0 Å². The Bertz CT molecular complexity index is 563. The molecule has 0 bridgehead atoms. The van der Waals surface area contributed by atoms with Crippen LogP contribution in [0.2, 0.25) is 0 Å². The summed E-state index contributed by atoms with van der Waals surface area (Å²) in [6, 6.07) is 8.50. The van der Waals surface area contributed by atoms with Crippen LogP contribution < -0.4 is 4.98 Å². The number of rotatable bonds is 0. The number of nitrogens with one attached hydrogen (secondary N) is 1. The van der Waals surface area contributed by atoms with E-state index in [2.05, 4.69) is 33.5 Å². The molecule has 0 saturated carbocycles.